The highest BCUT2D eigenvalue weighted by atomic mass is 32.2. The van der Waals surface area contributed by atoms with Crippen LogP contribution in [0.15, 0.2) is 42.5 Å². The first-order chi connectivity index (χ1) is 17.2. The van der Waals surface area contributed by atoms with Crippen molar-refractivity contribution in [1.82, 2.24) is 5.32 Å². The van der Waals surface area contributed by atoms with Crippen LogP contribution in [0.1, 0.15) is 66.1 Å². The van der Waals surface area contributed by atoms with Crippen LogP contribution in [0.2, 0.25) is 0 Å². The minimum absolute atomic E-state index is 0.126. The monoisotopic (exact) mass is 526 g/mol. The standard InChI is InChI=1S/C25H35FN2O7S/c26-22-17-20(11-12-23(22)29)24(30)18-28-13-4-2-1-3-5-14-34-15-7-9-19-8-6-10-21(16-19)25(31)35-36(27,32)33/h6,8,10-12,16-17,24,28-30H,1-5,7,9,13-15,18H2,(H2,27,32,33)/t24-/m0/s1. The molecule has 0 aliphatic carbocycles. The van der Waals surface area contributed by atoms with Crippen molar-refractivity contribution in [2.45, 2.75) is 51.0 Å². The molecule has 0 spiro atoms. The number of ether oxygens (including phenoxy) is 1. The molecule has 0 aromatic heterocycles. The van der Waals surface area contributed by atoms with Crippen LogP contribution < -0.4 is 10.5 Å². The van der Waals surface area contributed by atoms with Gasteiger partial charge in [-0.05, 0) is 67.6 Å². The number of aromatic hydroxyl groups is 1. The number of aliphatic hydroxyl groups is 1. The Morgan fingerprint density at radius 3 is 2.50 bits per heavy atom. The third-order valence-electron chi connectivity index (χ3n) is 5.45. The smallest absolute Gasteiger partial charge is 0.382 e. The zero-order valence-electron chi connectivity index (χ0n) is 20.2. The van der Waals surface area contributed by atoms with Gasteiger partial charge in [0.15, 0.2) is 11.6 Å². The molecule has 2 aromatic carbocycles. The van der Waals surface area contributed by atoms with Crippen molar-refractivity contribution in [1.29, 1.82) is 0 Å². The minimum atomic E-state index is -4.34. The largest absolute Gasteiger partial charge is 0.505 e. The van der Waals surface area contributed by atoms with E-state index in [9.17, 15) is 27.8 Å². The number of aliphatic hydroxyl groups excluding tert-OH is 1. The maximum absolute atomic E-state index is 13.3. The first-order valence-electron chi connectivity index (χ1n) is 12.0. The van der Waals surface area contributed by atoms with Gasteiger partial charge < -0.3 is 24.4 Å². The molecule has 5 N–H and O–H groups in total. The van der Waals surface area contributed by atoms with Gasteiger partial charge >= 0.3 is 16.3 Å². The molecule has 0 saturated carbocycles. The number of carbonyl (C=O) groups excluding carboxylic acids is 1. The highest BCUT2D eigenvalue weighted by Gasteiger charge is 2.14. The number of benzene rings is 2. The fourth-order valence-corrected chi connectivity index (χ4v) is 3.87. The lowest BCUT2D eigenvalue weighted by molar-refractivity contribution is 0.0746. The van der Waals surface area contributed by atoms with E-state index in [0.717, 1.165) is 56.7 Å². The summed E-state index contributed by atoms with van der Waals surface area (Å²) in [6.07, 6.45) is 5.76. The van der Waals surface area contributed by atoms with E-state index in [2.05, 4.69) is 9.50 Å². The summed E-state index contributed by atoms with van der Waals surface area (Å²) < 4.78 is 44.9. The van der Waals surface area contributed by atoms with E-state index in [0.29, 0.717) is 31.7 Å². The lowest BCUT2D eigenvalue weighted by Crippen LogP contribution is -2.22. The van der Waals surface area contributed by atoms with Crippen molar-refractivity contribution in [3.63, 3.8) is 0 Å². The molecule has 0 unspecified atom stereocenters. The van der Waals surface area contributed by atoms with E-state index in [1.807, 2.05) is 6.07 Å². The minimum Gasteiger partial charge on any atom is -0.505 e. The summed E-state index contributed by atoms with van der Waals surface area (Å²) in [5.74, 6) is -2.18. The molecule has 0 radical (unpaired) electrons. The number of carbonyl (C=O) groups is 1. The number of nitrogens with one attached hydrogen (secondary N) is 1. The average Bonchev–Trinajstić information content (AvgIpc) is 2.82. The average molecular weight is 527 g/mol. The summed E-state index contributed by atoms with van der Waals surface area (Å²) in [4.78, 5) is 11.7. The first kappa shape index (κ1) is 29.7. The van der Waals surface area contributed by atoms with Crippen LogP contribution in [0.3, 0.4) is 0 Å². The van der Waals surface area contributed by atoms with Gasteiger partial charge in [0.1, 0.15) is 0 Å². The molecule has 9 nitrogen and oxygen atoms in total. The normalized spacial score (nSPS) is 12.4. The van der Waals surface area contributed by atoms with E-state index in [4.69, 9.17) is 9.88 Å². The SMILES string of the molecule is NS(=O)(=O)OC(=O)c1cccc(CCCOCCCCCCCNC[C@H](O)c2ccc(O)c(F)c2)c1. The maximum atomic E-state index is 13.3. The molecular formula is C25H35FN2O7S. The van der Waals surface area contributed by atoms with Crippen LogP contribution in [0, 0.1) is 5.82 Å². The lowest BCUT2D eigenvalue weighted by Gasteiger charge is -2.12. The van der Waals surface area contributed by atoms with Crippen LogP contribution in [0.4, 0.5) is 4.39 Å². The van der Waals surface area contributed by atoms with E-state index in [1.54, 1.807) is 12.1 Å². The molecule has 0 heterocycles. The topological polar surface area (TPSA) is 148 Å². The number of aryl methyl sites for hydroxylation is 1. The fraction of sp³-hybridized carbons (Fsp3) is 0.480. The van der Waals surface area contributed by atoms with Crippen LogP contribution >= 0.6 is 0 Å². The number of phenolic OH excluding ortho intramolecular Hbond substituents is 1. The van der Waals surface area contributed by atoms with Gasteiger partial charge in [-0.15, -0.1) is 0 Å². The molecule has 2 rings (SSSR count). The fourth-order valence-electron chi connectivity index (χ4n) is 3.56. The predicted molar refractivity (Wildman–Crippen MR) is 133 cm³/mol. The van der Waals surface area contributed by atoms with E-state index in [1.165, 1.54) is 18.2 Å². The second-order valence-electron chi connectivity index (χ2n) is 8.48. The quantitative estimate of drug-likeness (QED) is 0.230. The Bertz CT molecular complexity index is 1070. The molecule has 36 heavy (non-hydrogen) atoms. The molecule has 1 atom stereocenters. The molecule has 0 aliphatic heterocycles. The van der Waals surface area contributed by atoms with Crippen molar-refractivity contribution >= 4 is 16.3 Å². The third kappa shape index (κ3) is 11.9. The van der Waals surface area contributed by atoms with Crippen molar-refractivity contribution < 1.29 is 36.7 Å². The Hall–Kier alpha value is -2.57. The van der Waals surface area contributed by atoms with Crippen LogP contribution in [0.5, 0.6) is 5.75 Å². The Labute approximate surface area is 211 Å². The molecule has 0 saturated heterocycles. The van der Waals surface area contributed by atoms with E-state index < -0.39 is 33.9 Å². The molecule has 0 fully saturated rings. The summed E-state index contributed by atoms with van der Waals surface area (Å²) in [6.45, 7) is 2.34. The lowest BCUT2D eigenvalue weighted by atomic mass is 10.1. The highest BCUT2D eigenvalue weighted by Crippen LogP contribution is 2.20. The van der Waals surface area contributed by atoms with Crippen molar-refractivity contribution in [3.8, 4) is 5.75 Å². The number of nitrogens with two attached hydrogens (primary N) is 1. The molecule has 0 bridgehead atoms. The summed E-state index contributed by atoms with van der Waals surface area (Å²) in [7, 11) is -4.34. The van der Waals surface area contributed by atoms with Gasteiger partial charge in [0.25, 0.3) is 0 Å². The van der Waals surface area contributed by atoms with Gasteiger partial charge in [0, 0.05) is 19.8 Å². The Morgan fingerprint density at radius 2 is 1.75 bits per heavy atom. The zero-order chi connectivity index (χ0) is 26.4. The van der Waals surface area contributed by atoms with Gasteiger partial charge in [0.05, 0.1) is 11.7 Å². The molecular weight excluding hydrogens is 491 g/mol. The van der Waals surface area contributed by atoms with Crippen molar-refractivity contribution in [3.05, 3.63) is 65.0 Å². The predicted octanol–water partition coefficient (Wildman–Crippen LogP) is 3.11. The second-order valence-corrected chi connectivity index (χ2v) is 9.63. The summed E-state index contributed by atoms with van der Waals surface area (Å²) in [5.41, 5.74) is 1.43. The molecule has 0 aliphatic rings. The van der Waals surface area contributed by atoms with E-state index >= 15 is 0 Å². The summed E-state index contributed by atoms with van der Waals surface area (Å²) in [5, 5.41) is 27.1. The van der Waals surface area contributed by atoms with Gasteiger partial charge in [0.2, 0.25) is 0 Å². The number of hydrogen-bond acceptors (Lipinski definition) is 8. The maximum Gasteiger partial charge on any atom is 0.382 e. The summed E-state index contributed by atoms with van der Waals surface area (Å²) >= 11 is 0. The molecule has 11 heteroatoms. The number of halogens is 1. The highest BCUT2D eigenvalue weighted by molar-refractivity contribution is 7.84. The van der Waals surface area contributed by atoms with Crippen molar-refractivity contribution in [2.75, 3.05) is 26.3 Å². The van der Waals surface area contributed by atoms with Crippen molar-refractivity contribution in [2.24, 2.45) is 5.14 Å². The summed E-state index contributed by atoms with van der Waals surface area (Å²) in [6, 6.07) is 10.4. The van der Waals surface area contributed by atoms with E-state index in [-0.39, 0.29) is 5.56 Å². The Morgan fingerprint density at radius 1 is 1.03 bits per heavy atom. The number of rotatable bonds is 17. The number of unbranched alkanes of at least 4 members (excludes halogenated alkanes) is 4. The van der Waals surface area contributed by atoms with Gasteiger partial charge in [-0.1, -0.05) is 37.5 Å². The third-order valence-corrected chi connectivity index (χ3v) is 5.83. The molecule has 2 aromatic rings. The Balaban J connectivity index is 1.45. The van der Waals surface area contributed by atoms with Gasteiger partial charge in [-0.3, -0.25) is 0 Å². The molecule has 200 valence electrons. The van der Waals surface area contributed by atoms with Gasteiger partial charge in [-0.25, -0.2) is 9.18 Å². The number of hydrogen-bond donors (Lipinski definition) is 4. The number of phenols is 1. The first-order valence-corrected chi connectivity index (χ1v) is 13.4. The second kappa shape index (κ2) is 15.5. The van der Waals surface area contributed by atoms with Gasteiger partial charge in [-0.2, -0.15) is 13.6 Å². The van der Waals surface area contributed by atoms with Crippen LogP contribution in [-0.4, -0.2) is 50.9 Å². The molecule has 0 amide bonds. The van der Waals surface area contributed by atoms with Crippen LogP contribution in [0.25, 0.3) is 0 Å². The zero-order valence-corrected chi connectivity index (χ0v) is 21.0. The van der Waals surface area contributed by atoms with Crippen LogP contribution in [-0.2, 0) is 25.6 Å². The Kier molecular flexibility index (Phi) is 12.8.